The van der Waals surface area contributed by atoms with Gasteiger partial charge in [0.15, 0.2) is 0 Å². The summed E-state index contributed by atoms with van der Waals surface area (Å²) in [6.45, 7) is 5.78. The van der Waals surface area contributed by atoms with E-state index >= 15 is 0 Å². The van der Waals surface area contributed by atoms with Gasteiger partial charge in [-0.25, -0.2) is 8.42 Å². The van der Waals surface area contributed by atoms with Crippen molar-refractivity contribution in [2.75, 3.05) is 16.3 Å². The molecule has 118 valence electrons. The summed E-state index contributed by atoms with van der Waals surface area (Å²) < 4.78 is 25.3. The smallest absolute Gasteiger partial charge is 0.265 e. The second-order valence-corrected chi connectivity index (χ2v) is 8.23. The van der Waals surface area contributed by atoms with Crippen molar-refractivity contribution in [1.82, 2.24) is 0 Å². The van der Waals surface area contributed by atoms with Gasteiger partial charge in [0.05, 0.1) is 22.5 Å². The Bertz CT molecular complexity index is 804. The highest BCUT2D eigenvalue weighted by atomic mass is 32.2. The number of carbonyl (C=O) groups excluding carboxylic acids is 1. The van der Waals surface area contributed by atoms with Crippen LogP contribution in [0.3, 0.4) is 0 Å². The third kappa shape index (κ3) is 4.08. The summed E-state index contributed by atoms with van der Waals surface area (Å²) in [5.74, 6) is -0.247. The molecule has 7 heteroatoms. The second kappa shape index (κ2) is 6.10. The summed E-state index contributed by atoms with van der Waals surface area (Å²) >= 11 is 1.41. The predicted molar refractivity (Wildman–Crippen MR) is 91.4 cm³/mol. The summed E-state index contributed by atoms with van der Waals surface area (Å²) in [6, 6.07) is 6.98. The van der Waals surface area contributed by atoms with E-state index in [4.69, 9.17) is 0 Å². The van der Waals surface area contributed by atoms with Crippen molar-refractivity contribution in [2.45, 2.75) is 20.8 Å². The molecule has 2 aromatic rings. The van der Waals surface area contributed by atoms with Gasteiger partial charge in [-0.05, 0) is 50.1 Å². The monoisotopic (exact) mass is 338 g/mol. The van der Waals surface area contributed by atoms with Gasteiger partial charge in [-0.2, -0.15) is 0 Å². The molecule has 0 bridgehead atoms. The Labute approximate surface area is 134 Å². The Morgan fingerprint density at radius 1 is 1.09 bits per heavy atom. The molecule has 2 N–H and O–H groups in total. The fourth-order valence-corrected chi connectivity index (χ4v) is 3.43. The molecule has 2 rings (SSSR count). The molecule has 5 nitrogen and oxygen atoms in total. The molecule has 0 saturated heterocycles. The summed E-state index contributed by atoms with van der Waals surface area (Å²) in [5.41, 5.74) is 2.78. The summed E-state index contributed by atoms with van der Waals surface area (Å²) in [7, 11) is -3.41. The third-order valence-electron chi connectivity index (χ3n) is 3.11. The molecule has 22 heavy (non-hydrogen) atoms. The number of benzene rings is 1. The zero-order valence-corrected chi connectivity index (χ0v) is 14.5. The van der Waals surface area contributed by atoms with Crippen LogP contribution in [0, 0.1) is 20.8 Å². The Kier molecular flexibility index (Phi) is 4.58. The maximum Gasteiger partial charge on any atom is 0.265 e. The summed E-state index contributed by atoms with van der Waals surface area (Å²) in [5, 5.41) is 2.78. The second-order valence-electron chi connectivity index (χ2n) is 5.23. The zero-order chi connectivity index (χ0) is 16.5. The number of sulfonamides is 1. The average molecular weight is 338 g/mol. The highest BCUT2D eigenvalue weighted by Gasteiger charge is 2.14. The highest BCUT2D eigenvalue weighted by molar-refractivity contribution is 7.92. The number of hydrogen-bond donors (Lipinski definition) is 2. The van der Waals surface area contributed by atoms with E-state index in [1.165, 1.54) is 11.3 Å². The SMILES string of the molecule is Cc1ccc(NS(C)(=O)=O)c(NC(=O)c2cc(C)c(C)s2)c1. The van der Waals surface area contributed by atoms with Gasteiger partial charge in [-0.3, -0.25) is 9.52 Å². The van der Waals surface area contributed by atoms with E-state index in [-0.39, 0.29) is 5.91 Å². The third-order valence-corrected chi connectivity index (χ3v) is 4.85. The number of amides is 1. The molecule has 0 radical (unpaired) electrons. The van der Waals surface area contributed by atoms with E-state index in [1.54, 1.807) is 18.2 Å². The summed E-state index contributed by atoms with van der Waals surface area (Å²) in [6.07, 6.45) is 1.07. The minimum absolute atomic E-state index is 0.247. The maximum absolute atomic E-state index is 12.3. The van der Waals surface area contributed by atoms with E-state index in [9.17, 15) is 13.2 Å². The van der Waals surface area contributed by atoms with Crippen LogP contribution in [-0.4, -0.2) is 20.6 Å². The lowest BCUT2D eigenvalue weighted by atomic mass is 10.2. The van der Waals surface area contributed by atoms with Crippen LogP contribution in [0.25, 0.3) is 0 Å². The van der Waals surface area contributed by atoms with Crippen molar-refractivity contribution in [1.29, 1.82) is 0 Å². The van der Waals surface area contributed by atoms with Crippen LogP contribution in [0.4, 0.5) is 11.4 Å². The van der Waals surface area contributed by atoms with Gasteiger partial charge in [-0.15, -0.1) is 11.3 Å². The number of hydrogen-bond acceptors (Lipinski definition) is 4. The summed E-state index contributed by atoms with van der Waals surface area (Å²) in [4.78, 5) is 14.0. The normalized spacial score (nSPS) is 11.3. The van der Waals surface area contributed by atoms with E-state index in [0.29, 0.717) is 16.3 Å². The van der Waals surface area contributed by atoms with Crippen LogP contribution >= 0.6 is 11.3 Å². The fraction of sp³-hybridized carbons (Fsp3) is 0.267. The standard InChI is InChI=1S/C15H18N2O3S2/c1-9-5-6-12(17-22(4,19)20)13(7-9)16-15(18)14-8-10(2)11(3)21-14/h5-8,17H,1-4H3,(H,16,18). The Balaban J connectivity index is 2.31. The molecular weight excluding hydrogens is 320 g/mol. The molecule has 1 aromatic heterocycles. The van der Waals surface area contributed by atoms with Crippen LogP contribution in [0.2, 0.25) is 0 Å². The minimum Gasteiger partial charge on any atom is -0.319 e. The number of thiophene rings is 1. The van der Waals surface area contributed by atoms with Crippen LogP contribution in [0.15, 0.2) is 24.3 Å². The molecule has 0 aliphatic rings. The fourth-order valence-electron chi connectivity index (χ4n) is 1.92. The first-order valence-electron chi connectivity index (χ1n) is 6.62. The first-order valence-corrected chi connectivity index (χ1v) is 9.33. The molecule has 0 aliphatic heterocycles. The number of aryl methyl sites for hydroxylation is 3. The molecular formula is C15H18N2O3S2. The maximum atomic E-state index is 12.3. The lowest BCUT2D eigenvalue weighted by Gasteiger charge is -2.12. The first kappa shape index (κ1) is 16.5. The number of rotatable bonds is 4. The number of nitrogens with one attached hydrogen (secondary N) is 2. The van der Waals surface area contributed by atoms with Gasteiger partial charge >= 0.3 is 0 Å². The molecule has 0 unspecified atom stereocenters. The van der Waals surface area contributed by atoms with Crippen molar-refractivity contribution < 1.29 is 13.2 Å². The Hall–Kier alpha value is -1.86. The van der Waals surface area contributed by atoms with Gasteiger partial charge < -0.3 is 5.32 Å². The van der Waals surface area contributed by atoms with Gasteiger partial charge in [-0.1, -0.05) is 6.07 Å². The van der Waals surface area contributed by atoms with Crippen molar-refractivity contribution in [3.63, 3.8) is 0 Å². The molecule has 1 heterocycles. The lowest BCUT2D eigenvalue weighted by Crippen LogP contribution is -2.15. The zero-order valence-electron chi connectivity index (χ0n) is 12.9. The van der Waals surface area contributed by atoms with E-state index in [1.807, 2.05) is 26.8 Å². The van der Waals surface area contributed by atoms with Crippen molar-refractivity contribution >= 4 is 38.6 Å². The quantitative estimate of drug-likeness (QED) is 0.898. The van der Waals surface area contributed by atoms with Crippen LogP contribution < -0.4 is 10.0 Å². The van der Waals surface area contributed by atoms with Gasteiger partial charge in [0.2, 0.25) is 10.0 Å². The molecule has 0 fully saturated rings. The van der Waals surface area contributed by atoms with Crippen LogP contribution in [0.1, 0.15) is 25.7 Å². The largest absolute Gasteiger partial charge is 0.319 e. The van der Waals surface area contributed by atoms with Crippen LogP contribution in [-0.2, 0) is 10.0 Å². The highest BCUT2D eigenvalue weighted by Crippen LogP contribution is 2.26. The van der Waals surface area contributed by atoms with Gasteiger partial charge in [0.1, 0.15) is 0 Å². The van der Waals surface area contributed by atoms with Crippen molar-refractivity contribution in [3.8, 4) is 0 Å². The predicted octanol–water partition coefficient (Wildman–Crippen LogP) is 3.30. The molecule has 1 aromatic carbocycles. The van der Waals surface area contributed by atoms with E-state index in [0.717, 1.165) is 22.3 Å². The van der Waals surface area contributed by atoms with Crippen molar-refractivity contribution in [3.05, 3.63) is 45.1 Å². The minimum atomic E-state index is -3.41. The number of carbonyl (C=O) groups is 1. The average Bonchev–Trinajstić information content (AvgIpc) is 2.72. The Morgan fingerprint density at radius 3 is 2.32 bits per heavy atom. The molecule has 0 atom stereocenters. The van der Waals surface area contributed by atoms with Gasteiger partial charge in [0.25, 0.3) is 5.91 Å². The topological polar surface area (TPSA) is 75.3 Å². The van der Waals surface area contributed by atoms with Gasteiger partial charge in [0, 0.05) is 4.88 Å². The molecule has 0 aliphatic carbocycles. The van der Waals surface area contributed by atoms with E-state index in [2.05, 4.69) is 10.0 Å². The number of anilines is 2. The van der Waals surface area contributed by atoms with Crippen molar-refractivity contribution in [2.24, 2.45) is 0 Å². The first-order chi connectivity index (χ1) is 10.2. The van der Waals surface area contributed by atoms with Crippen LogP contribution in [0.5, 0.6) is 0 Å². The van der Waals surface area contributed by atoms with E-state index < -0.39 is 10.0 Å². The lowest BCUT2D eigenvalue weighted by molar-refractivity contribution is 0.103. The molecule has 0 saturated carbocycles. The molecule has 0 spiro atoms. The Morgan fingerprint density at radius 2 is 1.77 bits per heavy atom. The molecule has 1 amide bonds.